The van der Waals surface area contributed by atoms with Crippen LogP contribution < -0.4 is 5.32 Å². The molecule has 1 aromatic rings. The standard InChI is InChI=1S/C14H19BrN2O2/c1-5-17(4)14(19)10(3)16-13(18)11-7-6-8-12(15)9(11)2/h6-8,10H,5H2,1-4H3,(H,16,18). The lowest BCUT2D eigenvalue weighted by atomic mass is 10.1. The van der Waals surface area contributed by atoms with E-state index in [0.29, 0.717) is 12.1 Å². The van der Waals surface area contributed by atoms with Crippen molar-refractivity contribution >= 4 is 27.7 Å². The summed E-state index contributed by atoms with van der Waals surface area (Å²) in [5.74, 6) is -0.326. The fourth-order valence-corrected chi connectivity index (χ4v) is 2.04. The van der Waals surface area contributed by atoms with E-state index >= 15 is 0 Å². The number of amides is 2. The van der Waals surface area contributed by atoms with Gasteiger partial charge in [-0.25, -0.2) is 0 Å². The van der Waals surface area contributed by atoms with Gasteiger partial charge in [0.15, 0.2) is 0 Å². The lowest BCUT2D eigenvalue weighted by molar-refractivity contribution is -0.131. The molecular weight excluding hydrogens is 308 g/mol. The summed E-state index contributed by atoms with van der Waals surface area (Å²) in [7, 11) is 1.72. The second-order valence-corrected chi connectivity index (χ2v) is 5.31. The summed E-state index contributed by atoms with van der Waals surface area (Å²) in [6, 6.07) is 4.90. The molecule has 1 atom stereocenters. The van der Waals surface area contributed by atoms with E-state index in [2.05, 4.69) is 21.2 Å². The molecular formula is C14H19BrN2O2. The molecule has 0 aromatic heterocycles. The topological polar surface area (TPSA) is 49.4 Å². The molecule has 0 bridgehead atoms. The largest absolute Gasteiger partial charge is 0.344 e. The smallest absolute Gasteiger partial charge is 0.252 e. The van der Waals surface area contributed by atoms with Gasteiger partial charge in [-0.2, -0.15) is 0 Å². The Labute approximate surface area is 122 Å². The first kappa shape index (κ1) is 15.7. The first-order valence-electron chi connectivity index (χ1n) is 6.19. The molecule has 2 amide bonds. The highest BCUT2D eigenvalue weighted by Crippen LogP contribution is 2.19. The van der Waals surface area contributed by atoms with Crippen LogP contribution in [-0.4, -0.2) is 36.3 Å². The van der Waals surface area contributed by atoms with E-state index in [1.807, 2.05) is 19.9 Å². The summed E-state index contributed by atoms with van der Waals surface area (Å²) in [5.41, 5.74) is 1.44. The summed E-state index contributed by atoms with van der Waals surface area (Å²) in [4.78, 5) is 25.6. The third-order valence-corrected chi connectivity index (χ3v) is 3.94. The average molecular weight is 327 g/mol. The summed E-state index contributed by atoms with van der Waals surface area (Å²) < 4.78 is 0.879. The SMILES string of the molecule is CCN(C)C(=O)C(C)NC(=O)c1cccc(Br)c1C. The van der Waals surface area contributed by atoms with E-state index in [9.17, 15) is 9.59 Å². The molecule has 0 saturated carbocycles. The predicted molar refractivity (Wildman–Crippen MR) is 79.1 cm³/mol. The molecule has 0 spiro atoms. The molecule has 0 saturated heterocycles. The van der Waals surface area contributed by atoms with Gasteiger partial charge in [0.05, 0.1) is 0 Å². The Morgan fingerprint density at radius 1 is 1.42 bits per heavy atom. The van der Waals surface area contributed by atoms with Gasteiger partial charge in [-0.1, -0.05) is 22.0 Å². The molecule has 1 N–H and O–H groups in total. The average Bonchev–Trinajstić information content (AvgIpc) is 2.39. The monoisotopic (exact) mass is 326 g/mol. The van der Waals surface area contributed by atoms with Crippen LogP contribution in [0.3, 0.4) is 0 Å². The summed E-state index contributed by atoms with van der Waals surface area (Å²) in [6.07, 6.45) is 0. The first-order chi connectivity index (χ1) is 8.88. The maximum Gasteiger partial charge on any atom is 0.252 e. The fraction of sp³-hybridized carbons (Fsp3) is 0.429. The third-order valence-electron chi connectivity index (χ3n) is 3.08. The number of carbonyl (C=O) groups is 2. The van der Waals surface area contributed by atoms with Crippen molar-refractivity contribution in [2.75, 3.05) is 13.6 Å². The van der Waals surface area contributed by atoms with Crippen molar-refractivity contribution in [3.8, 4) is 0 Å². The maximum absolute atomic E-state index is 12.1. The highest BCUT2D eigenvalue weighted by atomic mass is 79.9. The van der Waals surface area contributed by atoms with Crippen LogP contribution in [0.2, 0.25) is 0 Å². The van der Waals surface area contributed by atoms with Crippen molar-refractivity contribution in [3.63, 3.8) is 0 Å². The van der Waals surface area contributed by atoms with Crippen molar-refractivity contribution < 1.29 is 9.59 Å². The van der Waals surface area contributed by atoms with Gasteiger partial charge in [0.25, 0.3) is 5.91 Å². The van der Waals surface area contributed by atoms with Crippen LogP contribution in [0.4, 0.5) is 0 Å². The van der Waals surface area contributed by atoms with E-state index in [1.165, 1.54) is 0 Å². The zero-order valence-corrected chi connectivity index (χ0v) is 13.2. The lowest BCUT2D eigenvalue weighted by Crippen LogP contribution is -2.45. The molecule has 1 aromatic carbocycles. The molecule has 19 heavy (non-hydrogen) atoms. The molecule has 0 aliphatic carbocycles. The molecule has 0 radical (unpaired) electrons. The Morgan fingerprint density at radius 3 is 2.63 bits per heavy atom. The van der Waals surface area contributed by atoms with Gasteiger partial charge < -0.3 is 10.2 Å². The van der Waals surface area contributed by atoms with Crippen LogP contribution in [0.1, 0.15) is 29.8 Å². The quantitative estimate of drug-likeness (QED) is 0.923. The minimum atomic E-state index is -0.532. The molecule has 1 rings (SSSR count). The zero-order valence-electron chi connectivity index (χ0n) is 11.7. The number of hydrogen-bond donors (Lipinski definition) is 1. The minimum Gasteiger partial charge on any atom is -0.344 e. The van der Waals surface area contributed by atoms with E-state index in [0.717, 1.165) is 10.0 Å². The Kier molecular flexibility index (Phi) is 5.54. The molecule has 0 heterocycles. The van der Waals surface area contributed by atoms with Crippen molar-refractivity contribution in [2.24, 2.45) is 0 Å². The van der Waals surface area contributed by atoms with E-state index in [-0.39, 0.29) is 11.8 Å². The van der Waals surface area contributed by atoms with E-state index in [4.69, 9.17) is 0 Å². The Bertz CT molecular complexity index is 488. The number of likely N-dealkylation sites (N-methyl/N-ethyl adjacent to an activating group) is 1. The van der Waals surface area contributed by atoms with Crippen molar-refractivity contribution in [1.29, 1.82) is 0 Å². The zero-order chi connectivity index (χ0) is 14.6. The predicted octanol–water partition coefficient (Wildman–Crippen LogP) is 2.35. The minimum absolute atomic E-state index is 0.0940. The van der Waals surface area contributed by atoms with Gasteiger partial charge in [-0.15, -0.1) is 0 Å². The molecule has 1 unspecified atom stereocenters. The molecule has 0 aliphatic heterocycles. The number of benzene rings is 1. The number of halogens is 1. The van der Waals surface area contributed by atoms with Crippen LogP contribution in [0, 0.1) is 6.92 Å². The van der Waals surface area contributed by atoms with Gasteiger partial charge in [0.2, 0.25) is 5.91 Å². The summed E-state index contributed by atoms with van der Waals surface area (Å²) in [5, 5.41) is 2.73. The normalized spacial score (nSPS) is 11.8. The summed E-state index contributed by atoms with van der Waals surface area (Å²) in [6.45, 7) is 6.07. The van der Waals surface area contributed by atoms with E-state index < -0.39 is 6.04 Å². The Hall–Kier alpha value is -1.36. The molecule has 0 aliphatic rings. The Morgan fingerprint density at radius 2 is 2.05 bits per heavy atom. The van der Waals surface area contributed by atoms with Crippen LogP contribution >= 0.6 is 15.9 Å². The number of nitrogens with zero attached hydrogens (tertiary/aromatic N) is 1. The fourth-order valence-electron chi connectivity index (χ4n) is 1.68. The maximum atomic E-state index is 12.1. The molecule has 5 heteroatoms. The molecule has 4 nitrogen and oxygen atoms in total. The number of carbonyl (C=O) groups excluding carboxylic acids is 2. The van der Waals surface area contributed by atoms with Crippen LogP contribution in [0.5, 0.6) is 0 Å². The van der Waals surface area contributed by atoms with Crippen molar-refractivity contribution in [3.05, 3.63) is 33.8 Å². The van der Waals surface area contributed by atoms with E-state index in [1.54, 1.807) is 31.0 Å². The third kappa shape index (κ3) is 3.80. The molecule has 104 valence electrons. The second-order valence-electron chi connectivity index (χ2n) is 4.46. The molecule has 0 fully saturated rings. The first-order valence-corrected chi connectivity index (χ1v) is 6.98. The van der Waals surface area contributed by atoms with Crippen LogP contribution in [0.25, 0.3) is 0 Å². The van der Waals surface area contributed by atoms with Gasteiger partial charge in [-0.3, -0.25) is 9.59 Å². The highest BCUT2D eigenvalue weighted by Gasteiger charge is 2.20. The van der Waals surface area contributed by atoms with Gasteiger partial charge in [-0.05, 0) is 38.5 Å². The summed E-state index contributed by atoms with van der Waals surface area (Å²) >= 11 is 3.39. The van der Waals surface area contributed by atoms with Gasteiger partial charge in [0.1, 0.15) is 6.04 Å². The highest BCUT2D eigenvalue weighted by molar-refractivity contribution is 9.10. The van der Waals surface area contributed by atoms with Gasteiger partial charge >= 0.3 is 0 Å². The van der Waals surface area contributed by atoms with Crippen molar-refractivity contribution in [1.82, 2.24) is 10.2 Å². The van der Waals surface area contributed by atoms with Crippen LogP contribution in [-0.2, 0) is 4.79 Å². The lowest BCUT2D eigenvalue weighted by Gasteiger charge is -2.21. The number of rotatable bonds is 4. The number of nitrogens with one attached hydrogen (secondary N) is 1. The van der Waals surface area contributed by atoms with Gasteiger partial charge in [0, 0.05) is 23.6 Å². The van der Waals surface area contributed by atoms with Crippen LogP contribution in [0.15, 0.2) is 22.7 Å². The van der Waals surface area contributed by atoms with Crippen molar-refractivity contribution in [2.45, 2.75) is 26.8 Å². The Balaban J connectivity index is 2.80. The second kappa shape index (κ2) is 6.70. The number of hydrogen-bond acceptors (Lipinski definition) is 2.